The molecule has 2 nitrogen and oxygen atoms in total. The van der Waals surface area contributed by atoms with Gasteiger partial charge in [-0.15, -0.1) is 0 Å². The van der Waals surface area contributed by atoms with Crippen molar-refractivity contribution in [1.29, 1.82) is 0 Å². The second kappa shape index (κ2) is 4.22. The maximum atomic E-state index is 4.32. The SMILES string of the molecule is Cc1ccnc(NC2CSCC2C)c1. The van der Waals surface area contributed by atoms with Crippen molar-refractivity contribution >= 4 is 17.6 Å². The molecule has 0 radical (unpaired) electrons. The van der Waals surface area contributed by atoms with Crippen LogP contribution in [0.25, 0.3) is 0 Å². The number of pyridine rings is 1. The highest BCUT2D eigenvalue weighted by atomic mass is 32.2. The van der Waals surface area contributed by atoms with Gasteiger partial charge in [0.25, 0.3) is 0 Å². The van der Waals surface area contributed by atoms with Crippen LogP contribution in [0.15, 0.2) is 18.3 Å². The first-order chi connectivity index (χ1) is 6.75. The first-order valence-corrected chi connectivity index (χ1v) is 6.18. The van der Waals surface area contributed by atoms with Gasteiger partial charge in [-0.1, -0.05) is 6.92 Å². The molecule has 0 aromatic carbocycles. The van der Waals surface area contributed by atoms with E-state index in [1.807, 2.05) is 24.0 Å². The zero-order valence-corrected chi connectivity index (χ0v) is 9.47. The summed E-state index contributed by atoms with van der Waals surface area (Å²) >= 11 is 2.02. The molecule has 1 aliphatic rings. The lowest BCUT2D eigenvalue weighted by atomic mass is 10.1. The van der Waals surface area contributed by atoms with E-state index in [-0.39, 0.29) is 0 Å². The highest BCUT2D eigenvalue weighted by Crippen LogP contribution is 2.26. The van der Waals surface area contributed by atoms with Crippen LogP contribution in [0.4, 0.5) is 5.82 Å². The van der Waals surface area contributed by atoms with Crippen molar-refractivity contribution < 1.29 is 0 Å². The van der Waals surface area contributed by atoms with Crippen molar-refractivity contribution in [3.8, 4) is 0 Å². The van der Waals surface area contributed by atoms with Crippen LogP contribution in [-0.4, -0.2) is 22.5 Å². The van der Waals surface area contributed by atoms with Gasteiger partial charge >= 0.3 is 0 Å². The highest BCUT2D eigenvalue weighted by molar-refractivity contribution is 7.99. The maximum absolute atomic E-state index is 4.32. The average Bonchev–Trinajstić information content (AvgIpc) is 2.52. The molecule has 1 fully saturated rings. The molecule has 0 amide bonds. The summed E-state index contributed by atoms with van der Waals surface area (Å²) in [7, 11) is 0. The Morgan fingerprint density at radius 3 is 3.00 bits per heavy atom. The van der Waals surface area contributed by atoms with E-state index in [1.165, 1.54) is 17.1 Å². The molecular weight excluding hydrogens is 192 g/mol. The molecule has 1 N–H and O–H groups in total. The van der Waals surface area contributed by atoms with E-state index in [0.717, 1.165) is 11.7 Å². The lowest BCUT2D eigenvalue weighted by Crippen LogP contribution is -2.26. The largest absolute Gasteiger partial charge is 0.366 e. The van der Waals surface area contributed by atoms with Crippen molar-refractivity contribution in [2.75, 3.05) is 16.8 Å². The molecule has 14 heavy (non-hydrogen) atoms. The molecule has 0 spiro atoms. The Kier molecular flexibility index (Phi) is 2.96. The summed E-state index contributed by atoms with van der Waals surface area (Å²) in [5.74, 6) is 4.24. The molecular formula is C11H16N2S. The molecule has 2 rings (SSSR count). The molecule has 2 unspecified atom stereocenters. The number of nitrogens with zero attached hydrogens (tertiary/aromatic N) is 1. The van der Waals surface area contributed by atoms with Gasteiger partial charge in [0, 0.05) is 18.0 Å². The summed E-state index contributed by atoms with van der Waals surface area (Å²) in [6.07, 6.45) is 1.87. The van der Waals surface area contributed by atoms with Gasteiger partial charge in [-0.3, -0.25) is 0 Å². The molecule has 1 aromatic rings. The van der Waals surface area contributed by atoms with Gasteiger partial charge in [0.05, 0.1) is 0 Å². The second-order valence-corrected chi connectivity index (χ2v) is 5.06. The fourth-order valence-electron chi connectivity index (χ4n) is 1.65. The second-order valence-electron chi connectivity index (χ2n) is 3.98. The Morgan fingerprint density at radius 1 is 1.50 bits per heavy atom. The molecule has 3 heteroatoms. The van der Waals surface area contributed by atoms with Gasteiger partial charge in [0.1, 0.15) is 5.82 Å². The number of nitrogens with one attached hydrogen (secondary N) is 1. The van der Waals surface area contributed by atoms with Crippen LogP contribution in [0.5, 0.6) is 0 Å². The van der Waals surface area contributed by atoms with E-state index in [0.29, 0.717) is 6.04 Å². The molecule has 0 bridgehead atoms. The van der Waals surface area contributed by atoms with E-state index in [1.54, 1.807) is 0 Å². The third kappa shape index (κ3) is 2.21. The first-order valence-electron chi connectivity index (χ1n) is 5.02. The molecule has 0 saturated carbocycles. The highest BCUT2D eigenvalue weighted by Gasteiger charge is 2.23. The first kappa shape index (κ1) is 9.84. The van der Waals surface area contributed by atoms with Crippen molar-refractivity contribution in [2.45, 2.75) is 19.9 Å². The minimum absolute atomic E-state index is 0.592. The van der Waals surface area contributed by atoms with Crippen LogP contribution in [0.3, 0.4) is 0 Å². The molecule has 2 atom stereocenters. The third-order valence-electron chi connectivity index (χ3n) is 2.61. The Bertz CT molecular complexity index is 314. The molecule has 1 saturated heterocycles. The number of aromatic nitrogens is 1. The average molecular weight is 208 g/mol. The fourth-order valence-corrected chi connectivity index (χ4v) is 3.06. The van der Waals surface area contributed by atoms with Crippen molar-refractivity contribution in [3.05, 3.63) is 23.9 Å². The van der Waals surface area contributed by atoms with Crippen LogP contribution in [0.2, 0.25) is 0 Å². The van der Waals surface area contributed by atoms with Crippen LogP contribution in [0, 0.1) is 12.8 Å². The predicted molar refractivity (Wildman–Crippen MR) is 62.9 cm³/mol. The van der Waals surface area contributed by atoms with Gasteiger partial charge in [-0.2, -0.15) is 11.8 Å². The predicted octanol–water partition coefficient (Wildman–Crippen LogP) is 2.55. The van der Waals surface area contributed by atoms with E-state index < -0.39 is 0 Å². The molecule has 1 aromatic heterocycles. The van der Waals surface area contributed by atoms with Crippen LogP contribution >= 0.6 is 11.8 Å². The van der Waals surface area contributed by atoms with Gasteiger partial charge in [-0.25, -0.2) is 4.98 Å². The lowest BCUT2D eigenvalue weighted by Gasteiger charge is -2.17. The van der Waals surface area contributed by atoms with Crippen LogP contribution < -0.4 is 5.32 Å². The topological polar surface area (TPSA) is 24.9 Å². The Labute approximate surface area is 89.5 Å². The normalized spacial score (nSPS) is 26.4. The summed E-state index contributed by atoms with van der Waals surface area (Å²) in [5.41, 5.74) is 1.26. The Balaban J connectivity index is 2.03. The number of rotatable bonds is 2. The minimum Gasteiger partial charge on any atom is -0.366 e. The zero-order valence-electron chi connectivity index (χ0n) is 8.66. The number of hydrogen-bond donors (Lipinski definition) is 1. The van der Waals surface area contributed by atoms with Crippen LogP contribution in [-0.2, 0) is 0 Å². The van der Waals surface area contributed by atoms with Crippen molar-refractivity contribution in [3.63, 3.8) is 0 Å². The number of anilines is 1. The monoisotopic (exact) mass is 208 g/mol. The van der Waals surface area contributed by atoms with Gasteiger partial charge in [-0.05, 0) is 36.3 Å². The Hall–Kier alpha value is -0.700. The van der Waals surface area contributed by atoms with Gasteiger partial charge < -0.3 is 5.32 Å². The van der Waals surface area contributed by atoms with Crippen molar-refractivity contribution in [2.24, 2.45) is 5.92 Å². The standard InChI is InChI=1S/C11H16N2S/c1-8-3-4-12-11(5-8)13-10-7-14-6-9(10)2/h3-5,9-10H,6-7H2,1-2H3,(H,12,13). The summed E-state index contributed by atoms with van der Waals surface area (Å²) in [5, 5.41) is 3.50. The molecule has 1 aliphatic heterocycles. The Morgan fingerprint density at radius 2 is 2.36 bits per heavy atom. The van der Waals surface area contributed by atoms with Crippen molar-refractivity contribution in [1.82, 2.24) is 4.98 Å². The third-order valence-corrected chi connectivity index (χ3v) is 3.97. The number of hydrogen-bond acceptors (Lipinski definition) is 3. The zero-order chi connectivity index (χ0) is 9.97. The fraction of sp³-hybridized carbons (Fsp3) is 0.545. The van der Waals surface area contributed by atoms with E-state index in [4.69, 9.17) is 0 Å². The summed E-state index contributed by atoms with van der Waals surface area (Å²) in [6, 6.07) is 4.72. The summed E-state index contributed by atoms with van der Waals surface area (Å²) < 4.78 is 0. The maximum Gasteiger partial charge on any atom is 0.126 e. The van der Waals surface area contributed by atoms with Crippen LogP contribution in [0.1, 0.15) is 12.5 Å². The lowest BCUT2D eigenvalue weighted by molar-refractivity contribution is 0.597. The smallest absolute Gasteiger partial charge is 0.126 e. The molecule has 2 heterocycles. The van der Waals surface area contributed by atoms with Gasteiger partial charge in [0.2, 0.25) is 0 Å². The summed E-state index contributed by atoms with van der Waals surface area (Å²) in [6.45, 7) is 4.40. The molecule has 0 aliphatic carbocycles. The number of thioether (sulfide) groups is 1. The molecule has 76 valence electrons. The van der Waals surface area contributed by atoms with E-state index >= 15 is 0 Å². The quantitative estimate of drug-likeness (QED) is 0.808. The summed E-state index contributed by atoms with van der Waals surface area (Å²) in [4.78, 5) is 4.32. The van der Waals surface area contributed by atoms with Gasteiger partial charge in [0.15, 0.2) is 0 Å². The number of aryl methyl sites for hydroxylation is 1. The van der Waals surface area contributed by atoms with E-state index in [2.05, 4.69) is 30.2 Å². The van der Waals surface area contributed by atoms with E-state index in [9.17, 15) is 0 Å². The minimum atomic E-state index is 0.592.